The summed E-state index contributed by atoms with van der Waals surface area (Å²) >= 11 is 5.71. The Kier molecular flexibility index (Phi) is 9.63. The maximum atomic E-state index is 13.8. The van der Waals surface area contributed by atoms with Crippen molar-refractivity contribution in [3.63, 3.8) is 0 Å². The average molecular weight is 582 g/mol. The van der Waals surface area contributed by atoms with E-state index in [1.54, 1.807) is 60.7 Å². The van der Waals surface area contributed by atoms with Crippen molar-refractivity contribution in [2.45, 2.75) is 25.2 Å². The predicted molar refractivity (Wildman–Crippen MR) is 144 cm³/mol. The van der Waals surface area contributed by atoms with Crippen LogP contribution in [0.3, 0.4) is 0 Å². The molecule has 3 rings (SSSR count). The topological polar surface area (TPSA) is 86.8 Å². The highest BCUT2D eigenvalue weighted by molar-refractivity contribution is 7.92. The van der Waals surface area contributed by atoms with Crippen molar-refractivity contribution in [1.29, 1.82) is 0 Å². The van der Waals surface area contributed by atoms with Crippen molar-refractivity contribution in [2.75, 3.05) is 24.2 Å². The lowest BCUT2D eigenvalue weighted by atomic mass is 10.0. The summed E-state index contributed by atoms with van der Waals surface area (Å²) < 4.78 is 66.5. The normalized spacial score (nSPS) is 12.5. The molecule has 0 saturated heterocycles. The highest BCUT2D eigenvalue weighted by atomic mass is 35.5. The lowest BCUT2D eigenvalue weighted by molar-refractivity contribution is -0.139. The van der Waals surface area contributed by atoms with E-state index in [1.165, 1.54) is 11.9 Å². The first-order chi connectivity index (χ1) is 18.3. The van der Waals surface area contributed by atoms with Crippen LogP contribution in [0.5, 0.6) is 0 Å². The molecule has 1 N–H and O–H groups in total. The van der Waals surface area contributed by atoms with Gasteiger partial charge < -0.3 is 10.2 Å². The molecular formula is C27H27ClF3N3O4S. The van der Waals surface area contributed by atoms with Crippen LogP contribution in [0, 0.1) is 0 Å². The molecule has 2 amide bonds. The predicted octanol–water partition coefficient (Wildman–Crippen LogP) is 4.51. The van der Waals surface area contributed by atoms with Gasteiger partial charge in [0.1, 0.15) is 12.6 Å². The van der Waals surface area contributed by atoms with Crippen LogP contribution in [-0.2, 0) is 38.8 Å². The van der Waals surface area contributed by atoms with Crippen LogP contribution in [0.4, 0.5) is 18.9 Å². The van der Waals surface area contributed by atoms with Crippen LogP contribution in [0.1, 0.15) is 16.7 Å². The average Bonchev–Trinajstić information content (AvgIpc) is 2.89. The Hall–Kier alpha value is -3.57. The van der Waals surface area contributed by atoms with Crippen molar-refractivity contribution in [3.05, 3.63) is 101 Å². The van der Waals surface area contributed by atoms with Gasteiger partial charge in [0.2, 0.25) is 21.8 Å². The second-order valence-corrected chi connectivity index (χ2v) is 11.1. The SMILES string of the molecule is CNC(=O)[C@@H](Cc1ccccc1)N(Cc1ccccc1)C(=O)CN(c1ccc(Cl)c(C(F)(F)F)c1)S(C)(=O)=O. The van der Waals surface area contributed by atoms with Gasteiger partial charge in [0.05, 0.1) is 22.5 Å². The van der Waals surface area contributed by atoms with Gasteiger partial charge in [0.15, 0.2) is 0 Å². The third-order valence-electron chi connectivity index (χ3n) is 5.94. The van der Waals surface area contributed by atoms with Crippen LogP contribution in [0.25, 0.3) is 0 Å². The number of nitrogens with one attached hydrogen (secondary N) is 1. The van der Waals surface area contributed by atoms with Crippen molar-refractivity contribution in [1.82, 2.24) is 10.2 Å². The molecule has 0 aliphatic heterocycles. The molecule has 208 valence electrons. The van der Waals surface area contributed by atoms with E-state index in [0.717, 1.165) is 24.0 Å². The van der Waals surface area contributed by atoms with E-state index in [0.29, 0.717) is 15.9 Å². The van der Waals surface area contributed by atoms with Gasteiger partial charge in [0.25, 0.3) is 0 Å². The van der Waals surface area contributed by atoms with Gasteiger partial charge in [0, 0.05) is 20.0 Å². The molecule has 0 heterocycles. The van der Waals surface area contributed by atoms with E-state index >= 15 is 0 Å². The Morgan fingerprint density at radius 1 is 0.949 bits per heavy atom. The van der Waals surface area contributed by atoms with Crippen LogP contribution >= 0.6 is 11.6 Å². The van der Waals surface area contributed by atoms with E-state index in [1.807, 2.05) is 0 Å². The fourth-order valence-electron chi connectivity index (χ4n) is 4.00. The largest absolute Gasteiger partial charge is 0.417 e. The molecule has 0 saturated carbocycles. The maximum Gasteiger partial charge on any atom is 0.417 e. The van der Waals surface area contributed by atoms with E-state index in [4.69, 9.17) is 11.6 Å². The number of carbonyl (C=O) groups excluding carboxylic acids is 2. The van der Waals surface area contributed by atoms with Crippen molar-refractivity contribution in [3.8, 4) is 0 Å². The number of rotatable bonds is 10. The van der Waals surface area contributed by atoms with Crippen molar-refractivity contribution < 1.29 is 31.2 Å². The number of nitrogens with zero attached hydrogens (tertiary/aromatic N) is 2. The Morgan fingerprint density at radius 3 is 2.03 bits per heavy atom. The zero-order chi connectivity index (χ0) is 28.8. The number of hydrogen-bond donors (Lipinski definition) is 1. The van der Waals surface area contributed by atoms with Crippen molar-refractivity contribution in [2.24, 2.45) is 0 Å². The number of likely N-dealkylation sites (N-methyl/N-ethyl adjacent to an activating group) is 1. The standard InChI is InChI=1S/C27H27ClF3N3O4S/c1-32-26(36)24(15-19-9-5-3-6-10-19)33(17-20-11-7-4-8-12-20)25(35)18-34(39(2,37)38)21-13-14-23(28)22(16-21)27(29,30)31/h3-14,16,24H,15,17-18H2,1-2H3,(H,32,36)/t24-/m1/s1. The molecule has 0 spiro atoms. The summed E-state index contributed by atoms with van der Waals surface area (Å²) in [7, 11) is -2.81. The van der Waals surface area contributed by atoms with E-state index < -0.39 is 51.2 Å². The van der Waals surface area contributed by atoms with Gasteiger partial charge in [-0.3, -0.25) is 13.9 Å². The molecule has 0 fully saturated rings. The number of alkyl halides is 3. The molecule has 0 unspecified atom stereocenters. The molecule has 1 atom stereocenters. The number of hydrogen-bond acceptors (Lipinski definition) is 4. The zero-order valence-corrected chi connectivity index (χ0v) is 22.7. The molecule has 12 heteroatoms. The molecule has 0 aliphatic rings. The second-order valence-electron chi connectivity index (χ2n) is 8.76. The summed E-state index contributed by atoms with van der Waals surface area (Å²) in [5.41, 5.74) is -0.202. The van der Waals surface area contributed by atoms with Gasteiger partial charge in [-0.05, 0) is 29.3 Å². The number of carbonyl (C=O) groups is 2. The monoisotopic (exact) mass is 581 g/mol. The first kappa shape index (κ1) is 30.0. The summed E-state index contributed by atoms with van der Waals surface area (Å²) in [4.78, 5) is 28.0. The van der Waals surface area contributed by atoms with Gasteiger partial charge in [-0.25, -0.2) is 8.42 Å². The van der Waals surface area contributed by atoms with Gasteiger partial charge >= 0.3 is 6.18 Å². The highest BCUT2D eigenvalue weighted by Crippen LogP contribution is 2.37. The number of amides is 2. The fraction of sp³-hybridized carbons (Fsp3) is 0.259. The molecule has 7 nitrogen and oxygen atoms in total. The maximum absolute atomic E-state index is 13.8. The molecule has 39 heavy (non-hydrogen) atoms. The Balaban J connectivity index is 2.05. The first-order valence-electron chi connectivity index (χ1n) is 11.7. The highest BCUT2D eigenvalue weighted by Gasteiger charge is 2.36. The van der Waals surface area contributed by atoms with Gasteiger partial charge in [-0.15, -0.1) is 0 Å². The lowest BCUT2D eigenvalue weighted by Gasteiger charge is -2.33. The minimum atomic E-state index is -4.85. The molecule has 0 bridgehead atoms. The summed E-state index contributed by atoms with van der Waals surface area (Å²) in [6.45, 7) is -0.885. The second kappa shape index (κ2) is 12.5. The minimum Gasteiger partial charge on any atom is -0.357 e. The minimum absolute atomic E-state index is 0.0450. The van der Waals surface area contributed by atoms with Crippen LogP contribution in [0.2, 0.25) is 5.02 Å². The first-order valence-corrected chi connectivity index (χ1v) is 14.0. The van der Waals surface area contributed by atoms with E-state index in [-0.39, 0.29) is 18.7 Å². The van der Waals surface area contributed by atoms with Crippen LogP contribution in [-0.4, -0.2) is 51.0 Å². The molecular weight excluding hydrogens is 555 g/mol. The zero-order valence-electron chi connectivity index (χ0n) is 21.2. The van der Waals surface area contributed by atoms with Crippen LogP contribution < -0.4 is 9.62 Å². The molecule has 0 aliphatic carbocycles. The number of sulfonamides is 1. The third kappa shape index (κ3) is 7.96. The Labute approximate surface area is 230 Å². The third-order valence-corrected chi connectivity index (χ3v) is 7.41. The molecule has 0 radical (unpaired) electrons. The lowest BCUT2D eigenvalue weighted by Crippen LogP contribution is -2.52. The quantitative estimate of drug-likeness (QED) is 0.382. The van der Waals surface area contributed by atoms with Gasteiger partial charge in [-0.2, -0.15) is 13.2 Å². The summed E-state index contributed by atoms with van der Waals surface area (Å²) in [5.74, 6) is -1.27. The molecule has 3 aromatic carbocycles. The van der Waals surface area contributed by atoms with E-state index in [2.05, 4.69) is 5.32 Å². The molecule has 0 aromatic heterocycles. The van der Waals surface area contributed by atoms with Crippen molar-refractivity contribution >= 4 is 39.1 Å². The van der Waals surface area contributed by atoms with Crippen LogP contribution in [0.15, 0.2) is 78.9 Å². The fourth-order valence-corrected chi connectivity index (χ4v) is 5.07. The smallest absolute Gasteiger partial charge is 0.357 e. The molecule has 3 aromatic rings. The Morgan fingerprint density at radius 2 is 1.51 bits per heavy atom. The summed E-state index contributed by atoms with van der Waals surface area (Å²) in [6, 6.07) is 19.3. The van der Waals surface area contributed by atoms with E-state index in [9.17, 15) is 31.2 Å². The summed E-state index contributed by atoms with van der Waals surface area (Å²) in [6.07, 6.45) is -3.94. The number of benzene rings is 3. The number of halogens is 4. The Bertz CT molecular complexity index is 1400. The number of anilines is 1. The van der Waals surface area contributed by atoms with Gasteiger partial charge in [-0.1, -0.05) is 72.3 Å². The summed E-state index contributed by atoms with van der Waals surface area (Å²) in [5, 5.41) is 1.94.